The number of hydrogen-bond donors (Lipinski definition) is 1. The lowest BCUT2D eigenvalue weighted by molar-refractivity contribution is -0.139. The Labute approximate surface area is 231 Å². The van der Waals surface area contributed by atoms with Crippen LogP contribution in [0.4, 0.5) is 5.69 Å². The molecule has 3 aromatic carbocycles. The van der Waals surface area contributed by atoms with Crippen LogP contribution in [-0.4, -0.2) is 51.4 Å². The molecule has 9 heteroatoms. The predicted octanol–water partition coefficient (Wildman–Crippen LogP) is 4.45. The summed E-state index contributed by atoms with van der Waals surface area (Å²) in [6.07, 6.45) is 0.751. The van der Waals surface area contributed by atoms with Gasteiger partial charge in [-0.1, -0.05) is 66.6 Å². The molecule has 0 aliphatic heterocycles. The number of para-hydroxylation sites is 2. The van der Waals surface area contributed by atoms with Crippen LogP contribution in [0.25, 0.3) is 0 Å². The van der Waals surface area contributed by atoms with Crippen molar-refractivity contribution in [2.45, 2.75) is 51.6 Å². The number of amides is 2. The van der Waals surface area contributed by atoms with Gasteiger partial charge in [-0.15, -0.1) is 0 Å². The number of ether oxygens (including phenoxy) is 1. The second kappa shape index (κ2) is 13.3. The number of carbonyl (C=O) groups is 2. The highest BCUT2D eigenvalue weighted by atomic mass is 32.2. The van der Waals surface area contributed by atoms with Gasteiger partial charge in [0.1, 0.15) is 18.3 Å². The van der Waals surface area contributed by atoms with E-state index in [0.29, 0.717) is 12.3 Å². The van der Waals surface area contributed by atoms with Gasteiger partial charge in [-0.2, -0.15) is 0 Å². The van der Waals surface area contributed by atoms with E-state index in [9.17, 15) is 18.0 Å². The first-order valence-electron chi connectivity index (χ1n) is 12.9. The molecule has 0 unspecified atom stereocenters. The van der Waals surface area contributed by atoms with Crippen LogP contribution in [0.2, 0.25) is 0 Å². The summed E-state index contributed by atoms with van der Waals surface area (Å²) >= 11 is 0. The largest absolute Gasteiger partial charge is 0.495 e. The maximum absolute atomic E-state index is 13.9. The monoisotopic (exact) mass is 551 g/mol. The zero-order valence-corrected chi connectivity index (χ0v) is 24.0. The fourth-order valence-electron chi connectivity index (χ4n) is 4.06. The molecule has 0 radical (unpaired) electrons. The van der Waals surface area contributed by atoms with Crippen molar-refractivity contribution in [2.75, 3.05) is 24.5 Å². The predicted molar refractivity (Wildman–Crippen MR) is 153 cm³/mol. The van der Waals surface area contributed by atoms with E-state index in [0.717, 1.165) is 27.4 Å². The number of benzene rings is 3. The number of carbonyl (C=O) groups excluding carboxylic acids is 2. The van der Waals surface area contributed by atoms with Crippen LogP contribution in [0.3, 0.4) is 0 Å². The minimum Gasteiger partial charge on any atom is -0.495 e. The number of hydrogen-bond acceptors (Lipinski definition) is 5. The van der Waals surface area contributed by atoms with Gasteiger partial charge in [0.15, 0.2) is 0 Å². The average molecular weight is 552 g/mol. The summed E-state index contributed by atoms with van der Waals surface area (Å²) in [7, 11) is -2.72. The highest BCUT2D eigenvalue weighted by Gasteiger charge is 2.33. The molecule has 39 heavy (non-hydrogen) atoms. The highest BCUT2D eigenvalue weighted by Crippen LogP contribution is 2.32. The van der Waals surface area contributed by atoms with Crippen molar-refractivity contribution in [2.24, 2.45) is 0 Å². The maximum Gasteiger partial charge on any atom is 0.264 e. The zero-order valence-electron chi connectivity index (χ0n) is 23.2. The average Bonchev–Trinajstić information content (AvgIpc) is 2.93. The lowest BCUT2D eigenvalue weighted by Crippen LogP contribution is -2.51. The van der Waals surface area contributed by atoms with E-state index in [2.05, 4.69) is 5.32 Å². The van der Waals surface area contributed by atoms with Gasteiger partial charge in [0.05, 0.1) is 17.7 Å². The Morgan fingerprint density at radius 1 is 0.923 bits per heavy atom. The molecule has 0 heterocycles. The topological polar surface area (TPSA) is 96.0 Å². The van der Waals surface area contributed by atoms with Gasteiger partial charge in [-0.05, 0) is 57.0 Å². The molecule has 3 aromatic rings. The molecule has 208 valence electrons. The van der Waals surface area contributed by atoms with Crippen molar-refractivity contribution < 1.29 is 22.7 Å². The summed E-state index contributed by atoms with van der Waals surface area (Å²) in [6.45, 7) is 7.53. The molecule has 2 amide bonds. The minimum absolute atomic E-state index is 0.0469. The lowest BCUT2D eigenvalue weighted by Gasteiger charge is -2.32. The molecule has 0 saturated carbocycles. The Morgan fingerprint density at radius 3 is 2.10 bits per heavy atom. The SMILES string of the molecule is CCCNC(=O)[C@H](C)N(Cc1ccc(C)cc1)C(=O)CN(c1ccccc1OC)S(=O)(=O)c1ccc(C)cc1. The third-order valence-corrected chi connectivity index (χ3v) is 8.21. The van der Waals surface area contributed by atoms with Crippen molar-refractivity contribution in [1.29, 1.82) is 0 Å². The zero-order chi connectivity index (χ0) is 28.6. The number of anilines is 1. The molecule has 0 aliphatic carbocycles. The summed E-state index contributed by atoms with van der Waals surface area (Å²) in [4.78, 5) is 28.4. The summed E-state index contributed by atoms with van der Waals surface area (Å²) in [5, 5.41) is 2.84. The normalized spacial score (nSPS) is 11.9. The van der Waals surface area contributed by atoms with Crippen LogP contribution < -0.4 is 14.4 Å². The van der Waals surface area contributed by atoms with Crippen molar-refractivity contribution in [1.82, 2.24) is 10.2 Å². The third kappa shape index (κ3) is 7.38. The van der Waals surface area contributed by atoms with Crippen LogP contribution in [0.5, 0.6) is 5.75 Å². The molecule has 0 fully saturated rings. The second-order valence-electron chi connectivity index (χ2n) is 9.47. The summed E-state index contributed by atoms with van der Waals surface area (Å²) < 4.78 is 34.4. The highest BCUT2D eigenvalue weighted by molar-refractivity contribution is 7.92. The van der Waals surface area contributed by atoms with Gasteiger partial charge >= 0.3 is 0 Å². The Kier molecular flexibility index (Phi) is 10.1. The number of nitrogens with zero attached hydrogens (tertiary/aromatic N) is 2. The second-order valence-corrected chi connectivity index (χ2v) is 11.3. The van der Waals surface area contributed by atoms with E-state index >= 15 is 0 Å². The maximum atomic E-state index is 13.9. The molecule has 3 rings (SSSR count). The van der Waals surface area contributed by atoms with E-state index in [1.165, 1.54) is 24.1 Å². The molecule has 1 atom stereocenters. The van der Waals surface area contributed by atoms with Gasteiger partial charge in [0.25, 0.3) is 10.0 Å². The molecule has 0 aliphatic rings. The fraction of sp³-hybridized carbons (Fsp3) is 0.333. The number of methoxy groups -OCH3 is 1. The quantitative estimate of drug-likeness (QED) is 0.359. The van der Waals surface area contributed by atoms with Crippen LogP contribution in [0, 0.1) is 13.8 Å². The third-order valence-electron chi connectivity index (χ3n) is 6.43. The smallest absolute Gasteiger partial charge is 0.264 e. The Hall–Kier alpha value is -3.85. The van der Waals surface area contributed by atoms with Crippen LogP contribution in [0.15, 0.2) is 77.7 Å². The molecular weight excluding hydrogens is 514 g/mol. The van der Waals surface area contributed by atoms with E-state index in [-0.39, 0.29) is 23.0 Å². The van der Waals surface area contributed by atoms with Gasteiger partial charge in [-0.25, -0.2) is 8.42 Å². The van der Waals surface area contributed by atoms with Gasteiger partial charge in [-0.3, -0.25) is 13.9 Å². The van der Waals surface area contributed by atoms with Gasteiger partial charge in [0, 0.05) is 13.1 Å². The van der Waals surface area contributed by atoms with E-state index in [1.54, 1.807) is 43.3 Å². The molecule has 0 saturated heterocycles. The van der Waals surface area contributed by atoms with E-state index < -0.39 is 28.5 Å². The number of rotatable bonds is 12. The summed E-state index contributed by atoms with van der Waals surface area (Å²) in [5.74, 6) is -0.515. The van der Waals surface area contributed by atoms with Crippen LogP contribution in [0.1, 0.15) is 37.0 Å². The van der Waals surface area contributed by atoms with E-state index in [4.69, 9.17) is 4.74 Å². The minimum atomic E-state index is -4.17. The molecule has 0 aromatic heterocycles. The first-order valence-corrected chi connectivity index (χ1v) is 14.4. The first kappa shape index (κ1) is 29.7. The van der Waals surface area contributed by atoms with E-state index in [1.807, 2.05) is 45.0 Å². The molecule has 0 bridgehead atoms. The summed E-state index contributed by atoms with van der Waals surface area (Å²) in [6, 6.07) is 19.9. The summed E-state index contributed by atoms with van der Waals surface area (Å²) in [5.41, 5.74) is 3.03. The van der Waals surface area contributed by atoms with Crippen molar-refractivity contribution in [3.63, 3.8) is 0 Å². The van der Waals surface area contributed by atoms with Crippen LogP contribution in [-0.2, 0) is 26.2 Å². The van der Waals surface area contributed by atoms with Crippen LogP contribution >= 0.6 is 0 Å². The first-order chi connectivity index (χ1) is 18.6. The fourth-order valence-corrected chi connectivity index (χ4v) is 5.48. The molecule has 0 spiro atoms. The standard InChI is InChI=1S/C30H37N3O5S/c1-6-19-31-30(35)24(4)32(20-25-15-11-22(2)12-16-25)29(34)21-33(27-9-7-8-10-28(27)38-5)39(36,37)26-17-13-23(3)14-18-26/h7-18,24H,6,19-21H2,1-5H3,(H,31,35)/t24-/m0/s1. The van der Waals surface area contributed by atoms with Crippen molar-refractivity contribution in [3.8, 4) is 5.75 Å². The number of aryl methyl sites for hydroxylation is 2. The molecular formula is C30H37N3O5S. The number of sulfonamides is 1. The van der Waals surface area contributed by atoms with Gasteiger partial charge in [0.2, 0.25) is 11.8 Å². The van der Waals surface area contributed by atoms with Crippen molar-refractivity contribution >= 4 is 27.5 Å². The Morgan fingerprint density at radius 2 is 1.51 bits per heavy atom. The Bertz CT molecular complexity index is 1370. The van der Waals surface area contributed by atoms with Gasteiger partial charge < -0.3 is 15.0 Å². The number of nitrogens with one attached hydrogen (secondary N) is 1. The molecule has 1 N–H and O–H groups in total. The lowest BCUT2D eigenvalue weighted by atomic mass is 10.1. The molecule has 8 nitrogen and oxygen atoms in total. The Balaban J connectivity index is 2.05. The van der Waals surface area contributed by atoms with Crippen molar-refractivity contribution in [3.05, 3.63) is 89.5 Å².